The van der Waals surface area contributed by atoms with Crippen LogP contribution < -0.4 is 11.1 Å². The molecule has 0 aliphatic carbocycles. The molecule has 3 N–H and O–H groups in total. The molecule has 1 amide bonds. The highest BCUT2D eigenvalue weighted by atomic mass is 16.1. The highest BCUT2D eigenvalue weighted by Gasteiger charge is 2.17. The number of anilines is 1. The number of amides is 1. The molecule has 0 fully saturated rings. The average Bonchev–Trinajstić information content (AvgIpc) is 2.62. The third kappa shape index (κ3) is 4.38. The Bertz CT molecular complexity index is 852. The molecule has 0 saturated carbocycles. The zero-order valence-corrected chi connectivity index (χ0v) is 13.9. The summed E-state index contributed by atoms with van der Waals surface area (Å²) in [7, 11) is 0. The van der Waals surface area contributed by atoms with Crippen molar-refractivity contribution < 1.29 is 4.79 Å². The fourth-order valence-corrected chi connectivity index (χ4v) is 2.52. The summed E-state index contributed by atoms with van der Waals surface area (Å²) in [6, 6.07) is 14.7. The standard InChI is InChI=1S/C19H19N5O/c1-13-10-17(24-19(22-13)15-8-5-9-21-12-15)23-16(18(20)25)11-14-6-3-2-4-7-14/h2-10,12,16H,11H2,1H3,(H2,20,25)(H,22,23,24)/t16-/m0/s1. The van der Waals surface area contributed by atoms with Crippen LogP contribution in [0.3, 0.4) is 0 Å². The molecule has 0 spiro atoms. The quantitative estimate of drug-likeness (QED) is 0.722. The Morgan fingerprint density at radius 2 is 1.96 bits per heavy atom. The predicted molar refractivity (Wildman–Crippen MR) is 96.8 cm³/mol. The molecule has 0 aliphatic heterocycles. The molecule has 126 valence electrons. The van der Waals surface area contributed by atoms with E-state index in [0.717, 1.165) is 16.8 Å². The van der Waals surface area contributed by atoms with Crippen LogP contribution in [0.5, 0.6) is 0 Å². The van der Waals surface area contributed by atoms with E-state index < -0.39 is 11.9 Å². The fourth-order valence-electron chi connectivity index (χ4n) is 2.52. The Hall–Kier alpha value is -3.28. The number of hydrogen-bond acceptors (Lipinski definition) is 5. The molecule has 3 rings (SSSR count). The molecule has 3 aromatic rings. The maximum Gasteiger partial charge on any atom is 0.240 e. The van der Waals surface area contributed by atoms with Crippen LogP contribution >= 0.6 is 0 Å². The summed E-state index contributed by atoms with van der Waals surface area (Å²) < 4.78 is 0. The van der Waals surface area contributed by atoms with E-state index in [0.29, 0.717) is 18.1 Å². The van der Waals surface area contributed by atoms with E-state index in [1.54, 1.807) is 18.5 Å². The Labute approximate surface area is 146 Å². The van der Waals surface area contributed by atoms with Gasteiger partial charge < -0.3 is 11.1 Å². The van der Waals surface area contributed by atoms with E-state index in [4.69, 9.17) is 5.73 Å². The monoisotopic (exact) mass is 333 g/mol. The highest BCUT2D eigenvalue weighted by Crippen LogP contribution is 2.18. The molecule has 0 bridgehead atoms. The lowest BCUT2D eigenvalue weighted by atomic mass is 10.1. The number of nitrogens with zero attached hydrogens (tertiary/aromatic N) is 3. The third-order valence-corrected chi connectivity index (χ3v) is 3.72. The lowest BCUT2D eigenvalue weighted by Crippen LogP contribution is -2.37. The van der Waals surface area contributed by atoms with Gasteiger partial charge in [0.1, 0.15) is 11.9 Å². The van der Waals surface area contributed by atoms with E-state index in [-0.39, 0.29) is 0 Å². The summed E-state index contributed by atoms with van der Waals surface area (Å²) in [6.07, 6.45) is 3.89. The predicted octanol–water partition coefficient (Wildman–Crippen LogP) is 2.36. The Kier molecular flexibility index (Phi) is 4.99. The van der Waals surface area contributed by atoms with Gasteiger partial charge in [0, 0.05) is 36.1 Å². The number of aryl methyl sites for hydroxylation is 1. The second-order valence-electron chi connectivity index (χ2n) is 5.75. The lowest BCUT2D eigenvalue weighted by Gasteiger charge is -2.17. The van der Waals surface area contributed by atoms with Gasteiger partial charge in [-0.15, -0.1) is 0 Å². The topological polar surface area (TPSA) is 93.8 Å². The maximum atomic E-state index is 11.9. The largest absolute Gasteiger partial charge is 0.368 e. The molecule has 6 nitrogen and oxygen atoms in total. The van der Waals surface area contributed by atoms with E-state index in [2.05, 4.69) is 20.3 Å². The zero-order valence-electron chi connectivity index (χ0n) is 13.9. The number of aromatic nitrogens is 3. The number of benzene rings is 1. The van der Waals surface area contributed by atoms with Crippen molar-refractivity contribution in [1.82, 2.24) is 15.0 Å². The SMILES string of the molecule is Cc1cc(N[C@@H](Cc2ccccc2)C(N)=O)nc(-c2cccnc2)n1. The van der Waals surface area contributed by atoms with Crippen LogP contribution in [0, 0.1) is 6.92 Å². The average molecular weight is 333 g/mol. The zero-order chi connectivity index (χ0) is 17.6. The van der Waals surface area contributed by atoms with Crippen molar-refractivity contribution in [2.75, 3.05) is 5.32 Å². The van der Waals surface area contributed by atoms with Crippen molar-refractivity contribution in [3.8, 4) is 11.4 Å². The summed E-state index contributed by atoms with van der Waals surface area (Å²) in [6.45, 7) is 1.88. The van der Waals surface area contributed by atoms with Crippen LogP contribution in [0.2, 0.25) is 0 Å². The lowest BCUT2D eigenvalue weighted by molar-refractivity contribution is -0.118. The van der Waals surface area contributed by atoms with Gasteiger partial charge in [-0.05, 0) is 24.6 Å². The van der Waals surface area contributed by atoms with Gasteiger partial charge in [0.25, 0.3) is 0 Å². The molecule has 1 atom stereocenters. The molecule has 0 saturated heterocycles. The van der Waals surface area contributed by atoms with Gasteiger partial charge in [-0.1, -0.05) is 30.3 Å². The Balaban J connectivity index is 1.85. The van der Waals surface area contributed by atoms with E-state index in [1.807, 2.05) is 49.4 Å². The summed E-state index contributed by atoms with van der Waals surface area (Å²) in [5.74, 6) is 0.688. The first-order valence-corrected chi connectivity index (χ1v) is 7.97. The van der Waals surface area contributed by atoms with E-state index >= 15 is 0 Å². The minimum Gasteiger partial charge on any atom is -0.368 e. The first-order chi connectivity index (χ1) is 12.1. The second kappa shape index (κ2) is 7.53. The molecule has 0 aliphatic rings. The van der Waals surface area contributed by atoms with Gasteiger partial charge in [-0.25, -0.2) is 9.97 Å². The van der Waals surface area contributed by atoms with Gasteiger partial charge in [-0.2, -0.15) is 0 Å². The summed E-state index contributed by atoms with van der Waals surface area (Å²) in [5, 5.41) is 3.13. The Morgan fingerprint density at radius 1 is 1.16 bits per heavy atom. The first-order valence-electron chi connectivity index (χ1n) is 7.97. The first kappa shape index (κ1) is 16.6. The summed E-state index contributed by atoms with van der Waals surface area (Å²) in [4.78, 5) is 24.9. The van der Waals surface area contributed by atoms with Gasteiger partial charge in [0.05, 0.1) is 0 Å². The number of pyridine rings is 1. The fraction of sp³-hybridized carbons (Fsp3) is 0.158. The number of primary amides is 1. The van der Waals surface area contributed by atoms with Crippen LogP contribution in [0.25, 0.3) is 11.4 Å². The van der Waals surface area contributed by atoms with Crippen molar-refractivity contribution in [3.05, 3.63) is 72.2 Å². The molecule has 1 aromatic carbocycles. The third-order valence-electron chi connectivity index (χ3n) is 3.72. The van der Waals surface area contributed by atoms with Crippen molar-refractivity contribution in [2.45, 2.75) is 19.4 Å². The smallest absolute Gasteiger partial charge is 0.240 e. The van der Waals surface area contributed by atoms with Crippen molar-refractivity contribution in [1.29, 1.82) is 0 Å². The summed E-state index contributed by atoms with van der Waals surface area (Å²) >= 11 is 0. The minimum absolute atomic E-state index is 0.428. The number of rotatable bonds is 6. The molecule has 2 heterocycles. The molecule has 6 heteroatoms. The number of nitrogens with two attached hydrogens (primary N) is 1. The molecule has 0 radical (unpaired) electrons. The molecule has 2 aromatic heterocycles. The van der Waals surface area contributed by atoms with Gasteiger partial charge in [0.15, 0.2) is 5.82 Å². The minimum atomic E-state index is -0.557. The van der Waals surface area contributed by atoms with Crippen molar-refractivity contribution in [3.63, 3.8) is 0 Å². The Morgan fingerprint density at radius 3 is 2.64 bits per heavy atom. The molecule has 25 heavy (non-hydrogen) atoms. The van der Waals surface area contributed by atoms with Gasteiger partial charge in [-0.3, -0.25) is 9.78 Å². The van der Waals surface area contributed by atoms with Crippen LogP contribution in [0.15, 0.2) is 60.9 Å². The number of hydrogen-bond donors (Lipinski definition) is 2. The summed E-state index contributed by atoms with van der Waals surface area (Å²) in [5.41, 5.74) is 8.19. The molecule has 0 unspecified atom stereocenters. The van der Waals surface area contributed by atoms with Crippen molar-refractivity contribution >= 4 is 11.7 Å². The number of carbonyl (C=O) groups is 1. The number of carbonyl (C=O) groups excluding carboxylic acids is 1. The van der Waals surface area contributed by atoms with E-state index in [9.17, 15) is 4.79 Å². The second-order valence-corrected chi connectivity index (χ2v) is 5.75. The number of nitrogens with one attached hydrogen (secondary N) is 1. The van der Waals surface area contributed by atoms with E-state index in [1.165, 1.54) is 0 Å². The maximum absolute atomic E-state index is 11.9. The molecular formula is C19H19N5O. The van der Waals surface area contributed by atoms with Crippen LogP contribution in [0.4, 0.5) is 5.82 Å². The molecular weight excluding hydrogens is 314 g/mol. The highest BCUT2D eigenvalue weighted by molar-refractivity contribution is 5.83. The van der Waals surface area contributed by atoms with Crippen LogP contribution in [-0.4, -0.2) is 26.9 Å². The van der Waals surface area contributed by atoms with Crippen LogP contribution in [-0.2, 0) is 11.2 Å². The van der Waals surface area contributed by atoms with Crippen LogP contribution in [0.1, 0.15) is 11.3 Å². The van der Waals surface area contributed by atoms with Gasteiger partial charge >= 0.3 is 0 Å². The van der Waals surface area contributed by atoms with Gasteiger partial charge in [0.2, 0.25) is 5.91 Å². The van der Waals surface area contributed by atoms with Crippen molar-refractivity contribution in [2.24, 2.45) is 5.73 Å². The normalized spacial score (nSPS) is 11.7.